The summed E-state index contributed by atoms with van der Waals surface area (Å²) in [5, 5.41) is 0. The quantitative estimate of drug-likeness (QED) is 0.841. The van der Waals surface area contributed by atoms with Crippen LogP contribution in [-0.4, -0.2) is 5.91 Å². The lowest BCUT2D eigenvalue weighted by molar-refractivity contribution is 0.1000. The van der Waals surface area contributed by atoms with Crippen LogP contribution in [0.15, 0.2) is 30.3 Å². The molecule has 0 bridgehead atoms. The highest BCUT2D eigenvalue weighted by Gasteiger charge is 2.11. The molecule has 4 heteroatoms. The third-order valence-corrected chi connectivity index (χ3v) is 3.16. The molecule has 2 aromatic carbocycles. The lowest BCUT2D eigenvalue weighted by atomic mass is 10.1. The number of anilines is 1. The molecule has 104 valence electrons. The number of carbonyl (C=O) groups is 1. The maximum absolute atomic E-state index is 11.2. The largest absolute Gasteiger partial charge is 0.457 e. The Morgan fingerprint density at radius 2 is 1.60 bits per heavy atom. The van der Waals surface area contributed by atoms with E-state index in [0.717, 1.165) is 28.2 Å². The third-order valence-electron chi connectivity index (χ3n) is 3.16. The normalized spacial score (nSPS) is 10.3. The Balaban J connectivity index is 2.41. The molecule has 0 atom stereocenters. The Bertz CT molecular complexity index is 655. The van der Waals surface area contributed by atoms with Crippen LogP contribution in [0.3, 0.4) is 0 Å². The Morgan fingerprint density at radius 3 is 2.10 bits per heavy atom. The first-order valence-electron chi connectivity index (χ1n) is 6.33. The first-order valence-corrected chi connectivity index (χ1v) is 6.33. The van der Waals surface area contributed by atoms with Gasteiger partial charge in [0.25, 0.3) is 0 Å². The number of nitrogen functional groups attached to an aromatic ring is 1. The summed E-state index contributed by atoms with van der Waals surface area (Å²) in [5.74, 6) is 1.05. The topological polar surface area (TPSA) is 78.3 Å². The van der Waals surface area contributed by atoms with Crippen molar-refractivity contribution >= 4 is 11.6 Å². The first-order chi connectivity index (χ1) is 9.38. The van der Waals surface area contributed by atoms with Crippen LogP contribution < -0.4 is 16.2 Å². The zero-order valence-electron chi connectivity index (χ0n) is 11.9. The zero-order valence-corrected chi connectivity index (χ0v) is 11.9. The van der Waals surface area contributed by atoms with Crippen molar-refractivity contribution in [2.75, 3.05) is 5.73 Å². The molecular formula is C16H18N2O2. The van der Waals surface area contributed by atoms with E-state index in [1.54, 1.807) is 18.2 Å². The van der Waals surface area contributed by atoms with Gasteiger partial charge in [-0.1, -0.05) is 0 Å². The molecule has 2 aromatic rings. The number of primary amides is 1. The van der Waals surface area contributed by atoms with Crippen LogP contribution in [0.5, 0.6) is 11.5 Å². The molecule has 0 saturated heterocycles. The van der Waals surface area contributed by atoms with Gasteiger partial charge in [0, 0.05) is 11.3 Å². The molecule has 2 rings (SSSR count). The number of rotatable bonds is 3. The van der Waals surface area contributed by atoms with Crippen molar-refractivity contribution in [3.8, 4) is 11.5 Å². The molecule has 0 unspecified atom stereocenters. The molecule has 0 aliphatic rings. The number of benzene rings is 2. The number of ether oxygens (including phenoxy) is 1. The zero-order chi connectivity index (χ0) is 14.9. The number of nitrogens with two attached hydrogens (primary N) is 2. The molecular weight excluding hydrogens is 252 g/mol. The Hall–Kier alpha value is -2.49. The lowest BCUT2D eigenvalue weighted by Gasteiger charge is -2.14. The van der Waals surface area contributed by atoms with E-state index >= 15 is 0 Å². The van der Waals surface area contributed by atoms with Crippen LogP contribution in [0.4, 0.5) is 5.69 Å². The van der Waals surface area contributed by atoms with Gasteiger partial charge in [-0.2, -0.15) is 0 Å². The molecule has 0 aromatic heterocycles. The Morgan fingerprint density at radius 1 is 1.00 bits per heavy atom. The number of amides is 1. The van der Waals surface area contributed by atoms with Crippen molar-refractivity contribution in [3.63, 3.8) is 0 Å². The number of hydrogen-bond acceptors (Lipinski definition) is 3. The summed E-state index contributed by atoms with van der Waals surface area (Å²) in [4.78, 5) is 11.2. The van der Waals surface area contributed by atoms with Crippen LogP contribution in [0.1, 0.15) is 27.0 Å². The van der Waals surface area contributed by atoms with Gasteiger partial charge in [0.05, 0.1) is 0 Å². The van der Waals surface area contributed by atoms with Gasteiger partial charge in [-0.15, -0.1) is 0 Å². The van der Waals surface area contributed by atoms with Gasteiger partial charge in [0.1, 0.15) is 11.5 Å². The molecule has 0 fully saturated rings. The number of aryl methyl sites for hydroxylation is 3. The Labute approximate surface area is 118 Å². The van der Waals surface area contributed by atoms with Crippen LogP contribution in [-0.2, 0) is 0 Å². The highest BCUT2D eigenvalue weighted by Crippen LogP contribution is 2.32. The molecule has 0 radical (unpaired) electrons. The third kappa shape index (κ3) is 2.74. The first kappa shape index (κ1) is 13.9. The smallest absolute Gasteiger partial charge is 0.248 e. The average Bonchev–Trinajstić information content (AvgIpc) is 2.35. The predicted octanol–water partition coefficient (Wildman–Crippen LogP) is 3.09. The summed E-state index contributed by atoms with van der Waals surface area (Å²) < 4.78 is 5.95. The molecule has 4 nitrogen and oxygen atoms in total. The number of carbonyl (C=O) groups excluding carboxylic acids is 1. The van der Waals surface area contributed by atoms with Gasteiger partial charge in [-0.25, -0.2) is 0 Å². The van der Waals surface area contributed by atoms with Crippen LogP contribution in [0.2, 0.25) is 0 Å². The fourth-order valence-corrected chi connectivity index (χ4v) is 2.15. The summed E-state index contributed by atoms with van der Waals surface area (Å²) >= 11 is 0. The van der Waals surface area contributed by atoms with Gasteiger partial charge in [0.15, 0.2) is 0 Å². The highest BCUT2D eigenvalue weighted by molar-refractivity contribution is 5.93. The van der Waals surface area contributed by atoms with Crippen molar-refractivity contribution < 1.29 is 9.53 Å². The van der Waals surface area contributed by atoms with E-state index in [0.29, 0.717) is 11.3 Å². The average molecular weight is 270 g/mol. The van der Waals surface area contributed by atoms with Crippen molar-refractivity contribution in [3.05, 3.63) is 52.6 Å². The van der Waals surface area contributed by atoms with E-state index in [-0.39, 0.29) is 0 Å². The van der Waals surface area contributed by atoms with Crippen LogP contribution >= 0.6 is 0 Å². The van der Waals surface area contributed by atoms with E-state index in [2.05, 4.69) is 0 Å². The van der Waals surface area contributed by atoms with Gasteiger partial charge >= 0.3 is 0 Å². The highest BCUT2D eigenvalue weighted by atomic mass is 16.5. The fraction of sp³-hybridized carbons (Fsp3) is 0.188. The summed E-state index contributed by atoms with van der Waals surface area (Å²) in [6.45, 7) is 5.72. The van der Waals surface area contributed by atoms with Crippen molar-refractivity contribution in [2.24, 2.45) is 5.73 Å². The van der Waals surface area contributed by atoms with E-state index in [9.17, 15) is 4.79 Å². The van der Waals surface area contributed by atoms with Gasteiger partial charge in [-0.05, 0) is 67.8 Å². The number of hydrogen-bond donors (Lipinski definition) is 2. The fourth-order valence-electron chi connectivity index (χ4n) is 2.15. The molecule has 0 saturated carbocycles. The summed E-state index contributed by atoms with van der Waals surface area (Å²) in [6, 6.07) is 8.96. The van der Waals surface area contributed by atoms with Crippen LogP contribution in [0, 0.1) is 20.8 Å². The van der Waals surface area contributed by atoms with Gasteiger partial charge < -0.3 is 16.2 Å². The predicted molar refractivity (Wildman–Crippen MR) is 80.1 cm³/mol. The second-order valence-electron chi connectivity index (χ2n) is 4.93. The Kier molecular flexibility index (Phi) is 3.66. The molecule has 0 aliphatic heterocycles. The van der Waals surface area contributed by atoms with E-state index in [4.69, 9.17) is 16.2 Å². The van der Waals surface area contributed by atoms with Gasteiger partial charge in [0.2, 0.25) is 5.91 Å². The second kappa shape index (κ2) is 5.25. The molecule has 0 aliphatic carbocycles. The second-order valence-corrected chi connectivity index (χ2v) is 4.93. The van der Waals surface area contributed by atoms with Crippen molar-refractivity contribution in [1.82, 2.24) is 0 Å². The summed E-state index contributed by atoms with van der Waals surface area (Å²) in [7, 11) is 0. The maximum atomic E-state index is 11.2. The van der Waals surface area contributed by atoms with E-state index < -0.39 is 5.91 Å². The molecule has 0 spiro atoms. The van der Waals surface area contributed by atoms with Crippen molar-refractivity contribution in [1.29, 1.82) is 0 Å². The monoisotopic (exact) mass is 270 g/mol. The minimum absolute atomic E-state index is 0.439. The SMILES string of the molecule is Cc1cc(N)ccc1Oc1c(C)cc(C(N)=O)cc1C. The molecule has 4 N–H and O–H groups in total. The molecule has 1 amide bonds. The maximum Gasteiger partial charge on any atom is 0.248 e. The van der Waals surface area contributed by atoms with Crippen LogP contribution in [0.25, 0.3) is 0 Å². The van der Waals surface area contributed by atoms with E-state index in [1.165, 1.54) is 0 Å². The minimum atomic E-state index is -0.439. The van der Waals surface area contributed by atoms with E-state index in [1.807, 2.05) is 32.9 Å². The summed E-state index contributed by atoms with van der Waals surface area (Å²) in [6.07, 6.45) is 0. The minimum Gasteiger partial charge on any atom is -0.457 e. The van der Waals surface area contributed by atoms with Crippen molar-refractivity contribution in [2.45, 2.75) is 20.8 Å². The molecule has 0 heterocycles. The lowest BCUT2D eigenvalue weighted by Crippen LogP contribution is -2.11. The summed E-state index contributed by atoms with van der Waals surface area (Å²) in [5.41, 5.74) is 14.9. The standard InChI is InChI=1S/C16H18N2O2/c1-9-8-13(17)4-5-14(9)20-15-10(2)6-12(16(18)19)7-11(15)3/h4-8H,17H2,1-3H3,(H2,18,19). The molecule has 20 heavy (non-hydrogen) atoms. The van der Waals surface area contributed by atoms with Gasteiger partial charge in [-0.3, -0.25) is 4.79 Å².